The third-order valence-corrected chi connectivity index (χ3v) is 4.49. The van der Waals surface area contributed by atoms with E-state index in [1.165, 1.54) is 0 Å². The maximum atomic E-state index is 12.7. The summed E-state index contributed by atoms with van der Waals surface area (Å²) < 4.78 is 11.6. The van der Waals surface area contributed by atoms with Gasteiger partial charge in [0.15, 0.2) is 6.10 Å². The Kier molecular flexibility index (Phi) is 7.28. The van der Waals surface area contributed by atoms with Crippen LogP contribution in [0.4, 0.5) is 5.69 Å². The van der Waals surface area contributed by atoms with Crippen molar-refractivity contribution in [2.75, 3.05) is 11.9 Å². The molecule has 4 heteroatoms. The SMILES string of the molecule is C=C(C)COc1cccc(NC(=O)C(CC)Oc2ccc(-c3ccccc3)cc2)c1. The number of amides is 1. The molecule has 0 spiro atoms. The lowest BCUT2D eigenvalue weighted by Gasteiger charge is -2.18. The van der Waals surface area contributed by atoms with E-state index in [-0.39, 0.29) is 5.91 Å². The first-order chi connectivity index (χ1) is 14.5. The molecule has 0 aliphatic heterocycles. The number of benzene rings is 3. The van der Waals surface area contributed by atoms with Gasteiger partial charge in [-0.1, -0.05) is 62.0 Å². The van der Waals surface area contributed by atoms with Gasteiger partial charge in [0.05, 0.1) is 0 Å². The van der Waals surface area contributed by atoms with Gasteiger partial charge in [-0.25, -0.2) is 0 Å². The molecule has 0 aliphatic rings. The molecular weight excluding hydrogens is 374 g/mol. The molecule has 0 bridgehead atoms. The van der Waals surface area contributed by atoms with Gasteiger partial charge >= 0.3 is 0 Å². The number of hydrogen-bond donors (Lipinski definition) is 1. The minimum atomic E-state index is -0.590. The molecule has 0 aliphatic carbocycles. The second-order valence-corrected chi connectivity index (χ2v) is 7.17. The number of ether oxygens (including phenoxy) is 2. The van der Waals surface area contributed by atoms with Crippen molar-refractivity contribution in [1.29, 1.82) is 0 Å². The highest BCUT2D eigenvalue weighted by Crippen LogP contribution is 2.24. The van der Waals surface area contributed by atoms with Crippen LogP contribution < -0.4 is 14.8 Å². The Bertz CT molecular complexity index is 981. The largest absolute Gasteiger partial charge is 0.489 e. The monoisotopic (exact) mass is 401 g/mol. The fourth-order valence-electron chi connectivity index (χ4n) is 2.94. The molecule has 30 heavy (non-hydrogen) atoms. The van der Waals surface area contributed by atoms with Crippen LogP contribution in [0.25, 0.3) is 11.1 Å². The zero-order valence-corrected chi connectivity index (χ0v) is 17.4. The summed E-state index contributed by atoms with van der Waals surface area (Å²) in [5, 5.41) is 2.91. The van der Waals surface area contributed by atoms with Gasteiger partial charge < -0.3 is 14.8 Å². The second-order valence-electron chi connectivity index (χ2n) is 7.17. The van der Waals surface area contributed by atoms with Crippen LogP contribution in [-0.4, -0.2) is 18.6 Å². The van der Waals surface area contributed by atoms with Gasteiger partial charge in [0.1, 0.15) is 18.1 Å². The normalized spacial score (nSPS) is 11.4. The van der Waals surface area contributed by atoms with E-state index in [2.05, 4.69) is 24.0 Å². The summed E-state index contributed by atoms with van der Waals surface area (Å²) >= 11 is 0. The standard InChI is InChI=1S/C26H27NO3/c1-4-25(26(28)27-22-11-8-12-24(17-22)29-18-19(2)3)30-23-15-13-21(14-16-23)20-9-6-5-7-10-20/h5-17,25H,2,4,18H2,1,3H3,(H,27,28). The smallest absolute Gasteiger partial charge is 0.265 e. The molecule has 0 radical (unpaired) electrons. The highest BCUT2D eigenvalue weighted by atomic mass is 16.5. The number of anilines is 1. The summed E-state index contributed by atoms with van der Waals surface area (Å²) in [4.78, 5) is 12.7. The Labute approximate surface area is 178 Å². The molecule has 1 amide bonds. The minimum Gasteiger partial charge on any atom is -0.489 e. The highest BCUT2D eigenvalue weighted by molar-refractivity contribution is 5.94. The summed E-state index contributed by atoms with van der Waals surface area (Å²) in [6.45, 7) is 8.10. The topological polar surface area (TPSA) is 47.6 Å². The van der Waals surface area contributed by atoms with Crippen LogP contribution >= 0.6 is 0 Å². The summed E-state index contributed by atoms with van der Waals surface area (Å²) in [6.07, 6.45) is -0.0365. The van der Waals surface area contributed by atoms with Gasteiger partial charge in [-0.05, 0) is 54.3 Å². The molecule has 0 saturated heterocycles. The lowest BCUT2D eigenvalue weighted by atomic mass is 10.1. The lowest BCUT2D eigenvalue weighted by molar-refractivity contribution is -0.122. The van der Waals surface area contributed by atoms with Crippen LogP contribution in [0.3, 0.4) is 0 Å². The molecular formula is C26H27NO3. The van der Waals surface area contributed by atoms with Crippen molar-refractivity contribution in [3.8, 4) is 22.6 Å². The quantitative estimate of drug-likeness (QED) is 0.440. The summed E-state index contributed by atoms with van der Waals surface area (Å²) in [7, 11) is 0. The van der Waals surface area contributed by atoms with Gasteiger partial charge in [0.25, 0.3) is 5.91 Å². The number of hydrogen-bond acceptors (Lipinski definition) is 3. The van der Waals surface area contributed by atoms with E-state index < -0.39 is 6.10 Å². The Hall–Kier alpha value is -3.53. The number of nitrogens with one attached hydrogen (secondary N) is 1. The maximum Gasteiger partial charge on any atom is 0.265 e. The average molecular weight is 402 g/mol. The fourth-order valence-corrected chi connectivity index (χ4v) is 2.94. The van der Waals surface area contributed by atoms with Gasteiger partial charge in [0, 0.05) is 11.8 Å². The predicted molar refractivity (Wildman–Crippen MR) is 122 cm³/mol. The average Bonchev–Trinajstić information content (AvgIpc) is 2.77. The van der Waals surface area contributed by atoms with Crippen molar-refractivity contribution in [1.82, 2.24) is 0 Å². The van der Waals surface area contributed by atoms with E-state index in [1.807, 2.05) is 74.5 Å². The number of rotatable bonds is 9. The van der Waals surface area contributed by atoms with E-state index >= 15 is 0 Å². The molecule has 1 unspecified atom stereocenters. The zero-order valence-electron chi connectivity index (χ0n) is 17.4. The zero-order chi connectivity index (χ0) is 21.3. The summed E-state index contributed by atoms with van der Waals surface area (Å²) in [5.41, 5.74) is 3.84. The predicted octanol–water partition coefficient (Wildman–Crippen LogP) is 6.10. The van der Waals surface area contributed by atoms with Crippen molar-refractivity contribution in [2.45, 2.75) is 26.4 Å². The van der Waals surface area contributed by atoms with Crippen LogP contribution in [0.2, 0.25) is 0 Å². The van der Waals surface area contributed by atoms with Gasteiger partial charge in [-0.2, -0.15) is 0 Å². The van der Waals surface area contributed by atoms with Gasteiger partial charge in [0.2, 0.25) is 0 Å². The van der Waals surface area contributed by atoms with Crippen LogP contribution in [0, 0.1) is 0 Å². The third kappa shape index (κ3) is 5.98. The molecule has 0 fully saturated rings. The molecule has 0 saturated carbocycles. The molecule has 3 aromatic carbocycles. The van der Waals surface area contributed by atoms with E-state index in [0.717, 1.165) is 16.7 Å². The van der Waals surface area contributed by atoms with Crippen molar-refractivity contribution in [2.24, 2.45) is 0 Å². The third-order valence-electron chi connectivity index (χ3n) is 4.49. The van der Waals surface area contributed by atoms with Crippen LogP contribution in [0.5, 0.6) is 11.5 Å². The van der Waals surface area contributed by atoms with Crippen molar-refractivity contribution in [3.05, 3.63) is 91.0 Å². The summed E-state index contributed by atoms with van der Waals surface area (Å²) in [6, 6.07) is 25.2. The summed E-state index contributed by atoms with van der Waals surface area (Å²) in [5.74, 6) is 1.15. The first kappa shape index (κ1) is 21.2. The highest BCUT2D eigenvalue weighted by Gasteiger charge is 2.19. The minimum absolute atomic E-state index is 0.193. The Balaban J connectivity index is 1.62. The molecule has 0 aromatic heterocycles. The molecule has 154 valence electrons. The van der Waals surface area contributed by atoms with Crippen LogP contribution in [0.15, 0.2) is 91.0 Å². The fraction of sp³-hybridized carbons (Fsp3) is 0.192. The maximum absolute atomic E-state index is 12.7. The molecule has 3 aromatic rings. The van der Waals surface area contributed by atoms with Crippen molar-refractivity contribution >= 4 is 11.6 Å². The Morgan fingerprint density at radius 2 is 1.63 bits per heavy atom. The van der Waals surface area contributed by atoms with E-state index in [9.17, 15) is 4.79 Å². The van der Waals surface area contributed by atoms with Crippen molar-refractivity contribution in [3.63, 3.8) is 0 Å². The number of carbonyl (C=O) groups is 1. The Morgan fingerprint density at radius 1 is 0.933 bits per heavy atom. The van der Waals surface area contributed by atoms with E-state index in [1.54, 1.807) is 6.07 Å². The number of carbonyl (C=O) groups excluding carboxylic acids is 1. The molecule has 0 heterocycles. The van der Waals surface area contributed by atoms with Crippen LogP contribution in [-0.2, 0) is 4.79 Å². The molecule has 3 rings (SSSR count). The second kappa shape index (κ2) is 10.3. The first-order valence-electron chi connectivity index (χ1n) is 10.1. The van der Waals surface area contributed by atoms with E-state index in [0.29, 0.717) is 30.2 Å². The molecule has 4 nitrogen and oxygen atoms in total. The van der Waals surface area contributed by atoms with Crippen LogP contribution in [0.1, 0.15) is 20.3 Å². The van der Waals surface area contributed by atoms with Gasteiger partial charge in [-0.3, -0.25) is 4.79 Å². The molecule has 1 atom stereocenters. The van der Waals surface area contributed by atoms with Gasteiger partial charge in [-0.15, -0.1) is 0 Å². The van der Waals surface area contributed by atoms with Crippen molar-refractivity contribution < 1.29 is 14.3 Å². The first-order valence-corrected chi connectivity index (χ1v) is 10.1. The lowest BCUT2D eigenvalue weighted by Crippen LogP contribution is -2.32. The Morgan fingerprint density at radius 3 is 2.30 bits per heavy atom. The van der Waals surface area contributed by atoms with E-state index in [4.69, 9.17) is 9.47 Å². The molecule has 1 N–H and O–H groups in total.